The maximum Gasteiger partial charge on any atom is 0.251 e. The smallest absolute Gasteiger partial charge is 0.251 e. The summed E-state index contributed by atoms with van der Waals surface area (Å²) >= 11 is 0. The van der Waals surface area contributed by atoms with E-state index in [1.54, 1.807) is 17.9 Å². The van der Waals surface area contributed by atoms with E-state index in [0.29, 0.717) is 43.4 Å². The third-order valence-corrected chi connectivity index (χ3v) is 6.52. The number of aromatic nitrogens is 2. The summed E-state index contributed by atoms with van der Waals surface area (Å²) in [6.07, 6.45) is 1.86. The predicted octanol–water partition coefficient (Wildman–Crippen LogP) is 2.29. The van der Waals surface area contributed by atoms with Crippen molar-refractivity contribution in [1.82, 2.24) is 9.78 Å². The molecule has 3 rings (SSSR count). The van der Waals surface area contributed by atoms with Crippen LogP contribution in [0, 0.1) is 0 Å². The van der Waals surface area contributed by atoms with Crippen molar-refractivity contribution in [1.29, 1.82) is 0 Å². The predicted molar refractivity (Wildman–Crippen MR) is 112 cm³/mol. The van der Waals surface area contributed by atoms with Crippen LogP contribution in [0.1, 0.15) is 10.4 Å². The fourth-order valence-corrected chi connectivity index (χ4v) is 4.00. The number of benzene rings is 1. The lowest BCUT2D eigenvalue weighted by molar-refractivity contribution is 0.0790. The highest BCUT2D eigenvalue weighted by molar-refractivity contribution is 6.76. The summed E-state index contributed by atoms with van der Waals surface area (Å²) in [4.78, 5) is 14.2. The van der Waals surface area contributed by atoms with Crippen molar-refractivity contribution in [3.05, 3.63) is 17.8 Å². The third-order valence-electron chi connectivity index (χ3n) is 4.82. The second-order valence-corrected chi connectivity index (χ2v) is 13.8. The molecule has 2 aromatic rings. The number of nitrogens with two attached hydrogens (primary N) is 1. The van der Waals surface area contributed by atoms with Crippen molar-refractivity contribution in [3.63, 3.8) is 0 Å². The molecule has 1 aliphatic rings. The van der Waals surface area contributed by atoms with E-state index in [-0.39, 0.29) is 0 Å². The van der Waals surface area contributed by atoms with Gasteiger partial charge in [0.15, 0.2) is 5.75 Å². The molecule has 0 bridgehead atoms. The summed E-state index contributed by atoms with van der Waals surface area (Å²) in [5.74, 6) is 0.183. The van der Waals surface area contributed by atoms with Crippen LogP contribution in [0.25, 0.3) is 10.9 Å². The standard InChI is InChI=1S/C19H30N4O4Si/c1-25-18-15-12-23(13-27-9-10-28(2,3)4)21-17(15)14(19(20)24)11-16(18)22-5-7-26-8-6-22/h11-12H,5-10,13H2,1-4H3,(H2,20,24). The Labute approximate surface area is 166 Å². The second kappa shape index (κ2) is 8.50. The van der Waals surface area contributed by atoms with Crippen LogP contribution in [-0.4, -0.2) is 63.8 Å². The average molecular weight is 407 g/mol. The number of ether oxygens (including phenoxy) is 3. The fourth-order valence-electron chi connectivity index (χ4n) is 3.24. The van der Waals surface area contributed by atoms with Crippen LogP contribution in [0.15, 0.2) is 12.3 Å². The molecular weight excluding hydrogens is 376 g/mol. The highest BCUT2D eigenvalue weighted by Crippen LogP contribution is 2.38. The summed E-state index contributed by atoms with van der Waals surface area (Å²) in [6, 6.07) is 2.86. The molecule has 1 aliphatic heterocycles. The quantitative estimate of drug-likeness (QED) is 0.534. The van der Waals surface area contributed by atoms with Gasteiger partial charge in [0.05, 0.1) is 37.0 Å². The van der Waals surface area contributed by atoms with E-state index in [4.69, 9.17) is 19.9 Å². The number of anilines is 1. The molecular formula is C19H30N4O4Si. The number of carbonyl (C=O) groups excluding carboxylic acids is 1. The second-order valence-electron chi connectivity index (χ2n) is 8.22. The van der Waals surface area contributed by atoms with Gasteiger partial charge < -0.3 is 24.8 Å². The van der Waals surface area contributed by atoms with Gasteiger partial charge in [0.25, 0.3) is 5.91 Å². The molecule has 0 radical (unpaired) electrons. The van der Waals surface area contributed by atoms with E-state index in [2.05, 4.69) is 29.6 Å². The summed E-state index contributed by atoms with van der Waals surface area (Å²) in [7, 11) is 0.485. The molecule has 1 fully saturated rings. The number of carbonyl (C=O) groups is 1. The van der Waals surface area contributed by atoms with Crippen molar-refractivity contribution in [3.8, 4) is 5.75 Å². The molecule has 0 saturated carbocycles. The van der Waals surface area contributed by atoms with E-state index in [1.165, 1.54) is 0 Å². The van der Waals surface area contributed by atoms with Gasteiger partial charge in [0.1, 0.15) is 12.2 Å². The van der Waals surface area contributed by atoms with Crippen LogP contribution in [-0.2, 0) is 16.2 Å². The van der Waals surface area contributed by atoms with Crippen molar-refractivity contribution in [2.24, 2.45) is 5.73 Å². The minimum absolute atomic E-state index is 0.327. The van der Waals surface area contributed by atoms with Crippen LogP contribution < -0.4 is 15.4 Å². The van der Waals surface area contributed by atoms with Crippen molar-refractivity contribution in [2.45, 2.75) is 32.4 Å². The Hall–Kier alpha value is -2.10. The molecule has 0 spiro atoms. The monoisotopic (exact) mass is 406 g/mol. The van der Waals surface area contributed by atoms with Gasteiger partial charge in [-0.05, 0) is 12.1 Å². The van der Waals surface area contributed by atoms with Crippen molar-refractivity contribution >= 4 is 30.6 Å². The number of hydrogen-bond donors (Lipinski definition) is 1. The largest absolute Gasteiger partial charge is 0.494 e. The molecule has 1 aromatic heterocycles. The highest BCUT2D eigenvalue weighted by Gasteiger charge is 2.23. The molecule has 0 unspecified atom stereocenters. The normalized spacial score (nSPS) is 15.2. The molecule has 154 valence electrons. The maximum atomic E-state index is 12.1. The molecule has 0 atom stereocenters. The van der Waals surface area contributed by atoms with Gasteiger partial charge in [-0.15, -0.1) is 0 Å². The number of methoxy groups -OCH3 is 1. The molecule has 1 saturated heterocycles. The van der Waals surface area contributed by atoms with Crippen LogP contribution >= 0.6 is 0 Å². The Balaban J connectivity index is 1.93. The minimum Gasteiger partial charge on any atom is -0.494 e. The Kier molecular flexibility index (Phi) is 6.26. The summed E-state index contributed by atoms with van der Waals surface area (Å²) in [6.45, 7) is 10.7. The van der Waals surface area contributed by atoms with E-state index < -0.39 is 14.0 Å². The average Bonchev–Trinajstić information content (AvgIpc) is 3.07. The summed E-state index contributed by atoms with van der Waals surface area (Å²) in [5.41, 5.74) is 7.41. The first kappa shape index (κ1) is 20.6. The van der Waals surface area contributed by atoms with E-state index in [0.717, 1.165) is 30.2 Å². The molecule has 2 heterocycles. The number of fused-ring (bicyclic) bond motifs is 1. The number of rotatable bonds is 8. The molecule has 8 nitrogen and oxygen atoms in total. The van der Waals surface area contributed by atoms with Crippen LogP contribution in [0.2, 0.25) is 25.7 Å². The van der Waals surface area contributed by atoms with Gasteiger partial charge in [0.2, 0.25) is 0 Å². The van der Waals surface area contributed by atoms with E-state index in [9.17, 15) is 4.79 Å². The molecule has 1 amide bonds. The molecule has 28 heavy (non-hydrogen) atoms. The zero-order chi connectivity index (χ0) is 20.3. The van der Waals surface area contributed by atoms with Gasteiger partial charge >= 0.3 is 0 Å². The molecule has 9 heteroatoms. The zero-order valence-corrected chi connectivity index (χ0v) is 18.2. The SMILES string of the molecule is COc1c(N2CCOCC2)cc(C(N)=O)c2nn(COCC[Si](C)(C)C)cc12. The van der Waals surface area contributed by atoms with E-state index in [1.807, 2.05) is 6.20 Å². The first-order valence-electron chi connectivity index (χ1n) is 9.58. The number of primary amides is 1. The van der Waals surface area contributed by atoms with Gasteiger partial charge in [-0.1, -0.05) is 19.6 Å². The Bertz CT molecular complexity index is 841. The highest BCUT2D eigenvalue weighted by atomic mass is 28.3. The van der Waals surface area contributed by atoms with Gasteiger partial charge in [-0.3, -0.25) is 4.79 Å². The number of morpholine rings is 1. The van der Waals surface area contributed by atoms with Crippen LogP contribution in [0.3, 0.4) is 0 Å². The van der Waals surface area contributed by atoms with Crippen molar-refractivity contribution < 1.29 is 19.0 Å². The minimum atomic E-state index is -1.14. The van der Waals surface area contributed by atoms with Crippen LogP contribution in [0.4, 0.5) is 5.69 Å². The Morgan fingerprint density at radius 1 is 1.32 bits per heavy atom. The van der Waals surface area contributed by atoms with E-state index >= 15 is 0 Å². The first-order valence-corrected chi connectivity index (χ1v) is 13.3. The summed E-state index contributed by atoms with van der Waals surface area (Å²) in [5, 5.41) is 5.30. The zero-order valence-electron chi connectivity index (χ0n) is 17.2. The van der Waals surface area contributed by atoms with Crippen molar-refractivity contribution in [2.75, 3.05) is 44.9 Å². The fraction of sp³-hybridized carbons (Fsp3) is 0.579. The number of nitrogens with zero attached hydrogens (tertiary/aromatic N) is 3. The lowest BCUT2D eigenvalue weighted by Gasteiger charge is -2.30. The third kappa shape index (κ3) is 4.65. The van der Waals surface area contributed by atoms with Gasteiger partial charge in [-0.25, -0.2) is 4.68 Å². The van der Waals surface area contributed by atoms with Crippen LogP contribution in [0.5, 0.6) is 5.75 Å². The van der Waals surface area contributed by atoms with Gasteiger partial charge in [0, 0.05) is 34.0 Å². The Morgan fingerprint density at radius 3 is 2.64 bits per heavy atom. The lowest BCUT2D eigenvalue weighted by atomic mass is 10.1. The molecule has 2 N–H and O–H groups in total. The topological polar surface area (TPSA) is 91.8 Å². The molecule has 0 aliphatic carbocycles. The lowest BCUT2D eigenvalue weighted by Crippen LogP contribution is -2.36. The summed E-state index contributed by atoms with van der Waals surface area (Å²) < 4.78 is 18.6. The van der Waals surface area contributed by atoms with Gasteiger partial charge in [-0.2, -0.15) is 5.10 Å². The number of hydrogen-bond acceptors (Lipinski definition) is 6. The first-order chi connectivity index (χ1) is 13.3. The Morgan fingerprint density at radius 2 is 2.04 bits per heavy atom. The maximum absolute atomic E-state index is 12.1. The molecule has 1 aromatic carbocycles. The number of amides is 1.